The first kappa shape index (κ1) is 18.5. The maximum absolute atomic E-state index is 5.88. The molecule has 0 aromatic heterocycles. The Balaban J connectivity index is 1.82. The zero-order chi connectivity index (χ0) is 17.2. The Morgan fingerprint density at radius 3 is 3.12 bits per heavy atom. The van der Waals surface area contributed by atoms with E-state index in [9.17, 15) is 0 Å². The lowest BCUT2D eigenvalue weighted by atomic mass is 9.93. The highest BCUT2D eigenvalue weighted by atomic mass is 16.5. The van der Waals surface area contributed by atoms with Crippen LogP contribution >= 0.6 is 0 Å². The van der Waals surface area contributed by atoms with Crippen LogP contribution in [0.3, 0.4) is 0 Å². The van der Waals surface area contributed by atoms with Crippen LogP contribution in [0.4, 0.5) is 0 Å². The summed E-state index contributed by atoms with van der Waals surface area (Å²) >= 11 is 0. The molecule has 1 saturated heterocycles. The van der Waals surface area contributed by atoms with E-state index in [1.54, 1.807) is 0 Å². The molecule has 24 heavy (non-hydrogen) atoms. The molecule has 2 aliphatic rings. The average Bonchev–Trinajstić information content (AvgIpc) is 2.59. The highest BCUT2D eigenvalue weighted by Crippen LogP contribution is 2.22. The number of ether oxygens (including phenoxy) is 1. The molecule has 5 heteroatoms. The van der Waals surface area contributed by atoms with E-state index in [4.69, 9.17) is 15.5 Å². The predicted molar refractivity (Wildman–Crippen MR) is 101 cm³/mol. The fraction of sp³-hybridized carbons (Fsp3) is 0.579. The van der Waals surface area contributed by atoms with E-state index in [0.29, 0.717) is 12.5 Å². The van der Waals surface area contributed by atoms with Gasteiger partial charge in [0.1, 0.15) is 11.9 Å². The van der Waals surface area contributed by atoms with Crippen LogP contribution in [0.2, 0.25) is 0 Å². The summed E-state index contributed by atoms with van der Waals surface area (Å²) in [5.41, 5.74) is 6.96. The maximum atomic E-state index is 5.88. The van der Waals surface area contributed by atoms with Gasteiger partial charge >= 0.3 is 0 Å². The van der Waals surface area contributed by atoms with Gasteiger partial charge in [-0.05, 0) is 50.5 Å². The minimum atomic E-state index is 0.213. The molecule has 2 heterocycles. The summed E-state index contributed by atoms with van der Waals surface area (Å²) in [6.45, 7) is 5.80. The normalized spacial score (nSPS) is 24.8. The summed E-state index contributed by atoms with van der Waals surface area (Å²) in [7, 11) is 0. The number of dihydropyridines is 1. The Labute approximate surface area is 145 Å². The molecule has 0 aromatic carbocycles. The summed E-state index contributed by atoms with van der Waals surface area (Å²) in [5, 5.41) is 3.47. The second-order valence-corrected chi connectivity index (χ2v) is 6.08. The lowest BCUT2D eigenvalue weighted by Gasteiger charge is -2.30. The molecule has 132 valence electrons. The Kier molecular flexibility index (Phi) is 7.75. The number of nitrogens with one attached hydrogen (secondary N) is 1. The summed E-state index contributed by atoms with van der Waals surface area (Å²) < 4.78 is 5.60. The zero-order valence-electron chi connectivity index (χ0n) is 14.9. The van der Waals surface area contributed by atoms with Crippen LogP contribution < -0.4 is 11.1 Å². The van der Waals surface area contributed by atoms with Crippen molar-refractivity contribution in [1.29, 1.82) is 0 Å². The third-order valence-corrected chi connectivity index (χ3v) is 4.10. The smallest absolute Gasteiger partial charge is 0.287 e. The second kappa shape index (κ2) is 10.1. The van der Waals surface area contributed by atoms with Crippen LogP contribution in [-0.4, -0.2) is 31.0 Å². The van der Waals surface area contributed by atoms with Crippen molar-refractivity contribution in [2.75, 3.05) is 13.1 Å². The molecule has 2 aliphatic heterocycles. The highest BCUT2D eigenvalue weighted by molar-refractivity contribution is 5.96. The Morgan fingerprint density at radius 2 is 2.33 bits per heavy atom. The number of allylic oxidation sites excluding steroid dienone is 4. The molecule has 2 rings (SSSR count). The van der Waals surface area contributed by atoms with Gasteiger partial charge in [-0.3, -0.25) is 10.3 Å². The molecule has 0 spiro atoms. The molecule has 1 fully saturated rings. The number of fused-ring (bicyclic) bond motifs is 1. The monoisotopic (exact) mass is 330 g/mol. The maximum Gasteiger partial charge on any atom is 0.287 e. The molecule has 5 nitrogen and oxygen atoms in total. The second-order valence-electron chi connectivity index (χ2n) is 6.08. The van der Waals surface area contributed by atoms with Crippen molar-refractivity contribution in [3.63, 3.8) is 0 Å². The van der Waals surface area contributed by atoms with Crippen LogP contribution in [0.15, 0.2) is 46.1 Å². The summed E-state index contributed by atoms with van der Waals surface area (Å²) in [6.07, 6.45) is 15.7. The zero-order valence-corrected chi connectivity index (χ0v) is 14.9. The molecule has 0 radical (unpaired) electrons. The van der Waals surface area contributed by atoms with Gasteiger partial charge in [-0.1, -0.05) is 26.0 Å². The molecule has 0 saturated carbocycles. The van der Waals surface area contributed by atoms with Crippen molar-refractivity contribution in [1.82, 2.24) is 5.32 Å². The number of amidine groups is 1. The molecule has 3 N–H and O–H groups in total. The largest absolute Gasteiger partial charge is 0.427 e. The number of rotatable bonds is 7. The van der Waals surface area contributed by atoms with Crippen LogP contribution in [-0.2, 0) is 4.74 Å². The van der Waals surface area contributed by atoms with E-state index in [1.807, 2.05) is 18.2 Å². The minimum Gasteiger partial charge on any atom is -0.427 e. The Morgan fingerprint density at radius 1 is 1.46 bits per heavy atom. The fourth-order valence-electron chi connectivity index (χ4n) is 2.86. The number of aliphatic imine (C=N–C) groups is 2. The molecular weight excluding hydrogens is 300 g/mol. The molecule has 0 amide bonds. The molecule has 0 bridgehead atoms. The predicted octanol–water partition coefficient (Wildman–Crippen LogP) is 3.30. The summed E-state index contributed by atoms with van der Waals surface area (Å²) in [5.74, 6) is 1.30. The van der Waals surface area contributed by atoms with Crippen molar-refractivity contribution in [2.45, 2.75) is 52.1 Å². The molecular formula is C19H30N4O. The lowest BCUT2D eigenvalue weighted by molar-refractivity contribution is 0.334. The highest BCUT2D eigenvalue weighted by Gasteiger charge is 2.24. The third kappa shape index (κ3) is 5.96. The van der Waals surface area contributed by atoms with Crippen molar-refractivity contribution in [3.8, 4) is 0 Å². The SMILES string of the molecule is CC/C=C\C(=C/CC)OC(N)=NCCC1=NC2NCCCC2C=C1. The number of piperidine rings is 1. The van der Waals surface area contributed by atoms with E-state index in [-0.39, 0.29) is 12.2 Å². The van der Waals surface area contributed by atoms with E-state index < -0.39 is 0 Å². The fourth-order valence-corrected chi connectivity index (χ4v) is 2.86. The first-order chi connectivity index (χ1) is 11.7. The standard InChI is InChI=1S/C19H30N4O/c1-3-5-9-17(7-4-2)24-19(20)22-14-12-16-11-10-15-8-6-13-21-18(15)23-16/h5,7,9-11,15,18,21H,3-4,6,8,12-14H2,1-2H3,(H2,20,22)/b9-5-,17-7+. The number of hydrogen-bond acceptors (Lipinski definition) is 4. The Bertz CT molecular complexity index is 546. The van der Waals surface area contributed by atoms with Crippen LogP contribution in [0.1, 0.15) is 46.0 Å². The minimum absolute atomic E-state index is 0.213. The number of nitrogens with two attached hydrogens (primary N) is 1. The van der Waals surface area contributed by atoms with E-state index in [2.05, 4.69) is 36.3 Å². The van der Waals surface area contributed by atoms with Gasteiger partial charge in [0.2, 0.25) is 0 Å². The van der Waals surface area contributed by atoms with Crippen LogP contribution in [0, 0.1) is 5.92 Å². The van der Waals surface area contributed by atoms with E-state index >= 15 is 0 Å². The van der Waals surface area contributed by atoms with E-state index in [0.717, 1.165) is 37.3 Å². The van der Waals surface area contributed by atoms with Crippen molar-refractivity contribution in [3.05, 3.63) is 36.1 Å². The summed E-state index contributed by atoms with van der Waals surface area (Å²) in [4.78, 5) is 9.09. The van der Waals surface area contributed by atoms with Crippen molar-refractivity contribution >= 4 is 11.7 Å². The summed E-state index contributed by atoms with van der Waals surface area (Å²) in [6, 6.07) is 0.213. The van der Waals surface area contributed by atoms with Gasteiger partial charge in [0.05, 0.1) is 0 Å². The molecule has 2 unspecified atom stereocenters. The van der Waals surface area contributed by atoms with Crippen molar-refractivity contribution in [2.24, 2.45) is 21.6 Å². The molecule has 0 aromatic rings. The van der Waals surface area contributed by atoms with Gasteiger partial charge in [0.25, 0.3) is 6.02 Å². The van der Waals surface area contributed by atoms with Crippen LogP contribution in [0.5, 0.6) is 0 Å². The van der Waals surface area contributed by atoms with E-state index in [1.165, 1.54) is 12.8 Å². The number of hydrogen-bond donors (Lipinski definition) is 2. The van der Waals surface area contributed by atoms with Crippen LogP contribution in [0.25, 0.3) is 0 Å². The topological polar surface area (TPSA) is 72.0 Å². The molecule has 2 atom stereocenters. The van der Waals surface area contributed by atoms with Gasteiger partial charge in [0.15, 0.2) is 0 Å². The molecule has 0 aliphatic carbocycles. The van der Waals surface area contributed by atoms with Gasteiger partial charge in [-0.25, -0.2) is 4.99 Å². The quantitative estimate of drug-likeness (QED) is 0.325. The van der Waals surface area contributed by atoms with Gasteiger partial charge < -0.3 is 10.5 Å². The van der Waals surface area contributed by atoms with Gasteiger partial charge in [-0.15, -0.1) is 0 Å². The first-order valence-electron chi connectivity index (χ1n) is 9.05. The van der Waals surface area contributed by atoms with Crippen molar-refractivity contribution < 1.29 is 4.74 Å². The third-order valence-electron chi connectivity index (χ3n) is 4.10. The van der Waals surface area contributed by atoms with Gasteiger partial charge in [-0.2, -0.15) is 0 Å². The number of nitrogens with zero attached hydrogens (tertiary/aromatic N) is 2. The average molecular weight is 330 g/mol. The van der Waals surface area contributed by atoms with Gasteiger partial charge in [0, 0.05) is 24.6 Å². The Hall–Kier alpha value is -1.88. The first-order valence-corrected chi connectivity index (χ1v) is 9.05. The lowest BCUT2D eigenvalue weighted by Crippen LogP contribution is -2.41.